The molecule has 2 fully saturated rings. The van der Waals surface area contributed by atoms with Gasteiger partial charge >= 0.3 is 13.2 Å². The Morgan fingerprint density at radius 1 is 1.11 bits per heavy atom. The summed E-state index contributed by atoms with van der Waals surface area (Å²) >= 11 is 0. The summed E-state index contributed by atoms with van der Waals surface area (Å²) in [7, 11) is 1.12. The van der Waals surface area contributed by atoms with Crippen LogP contribution in [0.1, 0.15) is 66.9 Å². The summed E-state index contributed by atoms with van der Waals surface area (Å²) in [6, 6.07) is 5.76. The third kappa shape index (κ3) is 6.91. The minimum Gasteiger partial charge on any atom is -0.496 e. The fourth-order valence-electron chi connectivity index (χ4n) is 4.27. The van der Waals surface area contributed by atoms with Crippen molar-refractivity contribution in [1.82, 2.24) is 10.2 Å². The Morgan fingerprint density at radius 3 is 2.26 bits per heavy atom. The number of rotatable bonds is 6. The van der Waals surface area contributed by atoms with Gasteiger partial charge in [-0.1, -0.05) is 12.1 Å². The molecular formula is C26H41BN2O6. The second-order valence-corrected chi connectivity index (χ2v) is 11.5. The molecule has 0 bridgehead atoms. The summed E-state index contributed by atoms with van der Waals surface area (Å²) < 4.78 is 23.2. The molecule has 3 rings (SSSR count). The molecule has 0 saturated carbocycles. The molecule has 0 atom stereocenters. The van der Waals surface area contributed by atoms with Crippen LogP contribution in [0.25, 0.3) is 0 Å². The van der Waals surface area contributed by atoms with Crippen LogP contribution in [-0.2, 0) is 25.3 Å². The van der Waals surface area contributed by atoms with Crippen molar-refractivity contribution in [2.24, 2.45) is 5.92 Å². The molecule has 2 aliphatic heterocycles. The lowest BCUT2D eigenvalue weighted by molar-refractivity contribution is -0.131. The number of likely N-dealkylation sites (tertiary alicyclic amines) is 1. The van der Waals surface area contributed by atoms with Gasteiger partial charge in [0.2, 0.25) is 5.91 Å². The van der Waals surface area contributed by atoms with Gasteiger partial charge in [-0.25, -0.2) is 4.79 Å². The molecule has 2 heterocycles. The summed E-state index contributed by atoms with van der Waals surface area (Å²) in [5, 5.41) is 2.85. The van der Waals surface area contributed by atoms with E-state index in [-0.39, 0.29) is 12.3 Å². The molecule has 8 nitrogen and oxygen atoms in total. The first-order chi connectivity index (χ1) is 16.2. The number of hydrogen-bond donors (Lipinski definition) is 1. The van der Waals surface area contributed by atoms with Gasteiger partial charge in [-0.05, 0) is 78.8 Å². The van der Waals surface area contributed by atoms with Crippen LogP contribution in [0.3, 0.4) is 0 Å². The molecule has 2 amide bonds. The van der Waals surface area contributed by atoms with E-state index >= 15 is 0 Å². The van der Waals surface area contributed by atoms with Gasteiger partial charge in [-0.15, -0.1) is 0 Å². The van der Waals surface area contributed by atoms with Gasteiger partial charge < -0.3 is 29.0 Å². The highest BCUT2D eigenvalue weighted by Gasteiger charge is 2.51. The van der Waals surface area contributed by atoms with Gasteiger partial charge in [-0.2, -0.15) is 0 Å². The molecule has 2 aliphatic rings. The maximum absolute atomic E-state index is 13.1. The van der Waals surface area contributed by atoms with Crippen LogP contribution >= 0.6 is 0 Å². The number of alkyl carbamates (subject to hydrolysis) is 1. The van der Waals surface area contributed by atoms with E-state index in [0.29, 0.717) is 31.3 Å². The molecule has 0 aliphatic carbocycles. The number of carbonyl (C=O) groups excluding carboxylic acids is 2. The second-order valence-electron chi connectivity index (χ2n) is 11.5. The van der Waals surface area contributed by atoms with E-state index < -0.39 is 30.0 Å². The number of amides is 2. The first-order valence-corrected chi connectivity index (χ1v) is 12.5. The summed E-state index contributed by atoms with van der Waals surface area (Å²) in [6.07, 6.45) is 1.53. The quantitative estimate of drug-likeness (QED) is 0.619. The lowest BCUT2D eigenvalue weighted by Gasteiger charge is -2.32. The van der Waals surface area contributed by atoms with Crippen molar-refractivity contribution in [2.75, 3.05) is 26.7 Å². The van der Waals surface area contributed by atoms with Crippen molar-refractivity contribution < 1.29 is 28.4 Å². The molecule has 2 saturated heterocycles. The van der Waals surface area contributed by atoms with E-state index in [2.05, 4.69) is 5.32 Å². The summed E-state index contributed by atoms with van der Waals surface area (Å²) in [5.74, 6) is 1.07. The van der Waals surface area contributed by atoms with Crippen LogP contribution in [0.2, 0.25) is 0 Å². The molecule has 1 aromatic carbocycles. The number of piperidine rings is 1. The van der Waals surface area contributed by atoms with E-state index in [1.807, 2.05) is 71.6 Å². The highest BCUT2D eigenvalue weighted by atomic mass is 16.7. The van der Waals surface area contributed by atoms with Crippen molar-refractivity contribution in [3.63, 3.8) is 0 Å². The number of benzene rings is 1. The minimum absolute atomic E-state index is 0.0629. The van der Waals surface area contributed by atoms with Crippen molar-refractivity contribution in [3.05, 3.63) is 23.8 Å². The Kier molecular flexibility index (Phi) is 8.11. The van der Waals surface area contributed by atoms with E-state index in [1.165, 1.54) is 0 Å². The molecule has 0 radical (unpaired) electrons. The van der Waals surface area contributed by atoms with Gasteiger partial charge in [0, 0.05) is 25.2 Å². The Balaban J connectivity index is 1.56. The number of nitrogens with zero attached hydrogens (tertiary/aromatic N) is 1. The summed E-state index contributed by atoms with van der Waals surface area (Å²) in [5.41, 5.74) is 0.310. The van der Waals surface area contributed by atoms with Crippen molar-refractivity contribution in [1.29, 1.82) is 0 Å². The third-order valence-electron chi connectivity index (χ3n) is 7.07. The fourth-order valence-corrected chi connectivity index (χ4v) is 4.27. The van der Waals surface area contributed by atoms with Crippen molar-refractivity contribution in [2.45, 2.75) is 84.5 Å². The zero-order valence-corrected chi connectivity index (χ0v) is 22.5. The molecule has 1 N–H and O–H groups in total. The average molecular weight is 488 g/mol. The largest absolute Gasteiger partial charge is 0.496 e. The second kappa shape index (κ2) is 10.4. The van der Waals surface area contributed by atoms with Gasteiger partial charge in [0.15, 0.2) is 0 Å². The topological polar surface area (TPSA) is 86.3 Å². The number of methoxy groups -OCH3 is 1. The third-order valence-corrected chi connectivity index (χ3v) is 7.07. The van der Waals surface area contributed by atoms with Crippen LogP contribution in [0, 0.1) is 5.92 Å². The highest BCUT2D eigenvalue weighted by molar-refractivity contribution is 6.62. The normalized spacial score (nSPS) is 20.0. The van der Waals surface area contributed by atoms with E-state index in [4.69, 9.17) is 18.8 Å². The lowest BCUT2D eigenvalue weighted by Crippen LogP contribution is -2.43. The molecule has 0 spiro atoms. The van der Waals surface area contributed by atoms with Gasteiger partial charge in [0.05, 0.1) is 24.7 Å². The molecular weight excluding hydrogens is 447 g/mol. The molecule has 0 aromatic heterocycles. The first-order valence-electron chi connectivity index (χ1n) is 12.5. The molecule has 194 valence electrons. The lowest BCUT2D eigenvalue weighted by atomic mass is 9.78. The van der Waals surface area contributed by atoms with Gasteiger partial charge in [0.25, 0.3) is 0 Å². The Bertz CT molecular complexity index is 903. The van der Waals surface area contributed by atoms with Crippen LogP contribution in [0.4, 0.5) is 4.79 Å². The standard InChI is InChI=1S/C26H41BN2O6/c1-24(2,3)33-23(31)28-17-18-11-13-29(14-12-18)22(30)16-19-15-20(9-10-21(19)32-8)27-34-25(4,5)26(6,7)35-27/h9-10,15,18H,11-14,16-17H2,1-8H3,(H,28,31). The van der Waals surface area contributed by atoms with E-state index in [9.17, 15) is 9.59 Å². The fraction of sp³-hybridized carbons (Fsp3) is 0.692. The van der Waals surface area contributed by atoms with Crippen LogP contribution in [0.15, 0.2) is 18.2 Å². The number of ether oxygens (including phenoxy) is 2. The summed E-state index contributed by atoms with van der Waals surface area (Å²) in [6.45, 7) is 15.5. The summed E-state index contributed by atoms with van der Waals surface area (Å²) in [4.78, 5) is 26.9. The maximum Gasteiger partial charge on any atom is 0.494 e. The van der Waals surface area contributed by atoms with E-state index in [0.717, 1.165) is 23.9 Å². The molecule has 35 heavy (non-hydrogen) atoms. The molecule has 1 aromatic rings. The van der Waals surface area contributed by atoms with Crippen LogP contribution in [0.5, 0.6) is 5.75 Å². The smallest absolute Gasteiger partial charge is 0.494 e. The number of carbonyl (C=O) groups is 2. The SMILES string of the molecule is COc1ccc(B2OC(C)(C)C(C)(C)O2)cc1CC(=O)N1CCC(CNC(=O)OC(C)(C)C)CC1. The van der Waals surface area contributed by atoms with Crippen LogP contribution in [-0.4, -0.2) is 67.6 Å². The molecule has 9 heteroatoms. The number of hydrogen-bond acceptors (Lipinski definition) is 6. The average Bonchev–Trinajstić information content (AvgIpc) is 2.98. The van der Waals surface area contributed by atoms with Gasteiger partial charge in [-0.3, -0.25) is 4.79 Å². The monoisotopic (exact) mass is 488 g/mol. The Hall–Kier alpha value is -2.26. The predicted octanol–water partition coefficient (Wildman–Crippen LogP) is 3.30. The minimum atomic E-state index is -0.513. The van der Waals surface area contributed by atoms with E-state index in [1.54, 1.807) is 7.11 Å². The zero-order chi connectivity index (χ0) is 26.0. The van der Waals surface area contributed by atoms with Crippen molar-refractivity contribution in [3.8, 4) is 5.75 Å². The molecule has 0 unspecified atom stereocenters. The zero-order valence-electron chi connectivity index (χ0n) is 22.5. The first kappa shape index (κ1) is 27.3. The maximum atomic E-state index is 13.1. The van der Waals surface area contributed by atoms with Crippen LogP contribution < -0.4 is 15.5 Å². The highest BCUT2D eigenvalue weighted by Crippen LogP contribution is 2.36. The predicted molar refractivity (Wildman–Crippen MR) is 136 cm³/mol. The Labute approximate surface area is 210 Å². The number of nitrogens with one attached hydrogen (secondary N) is 1. The Morgan fingerprint density at radius 2 is 1.71 bits per heavy atom. The van der Waals surface area contributed by atoms with Gasteiger partial charge in [0.1, 0.15) is 11.4 Å². The van der Waals surface area contributed by atoms with Crippen molar-refractivity contribution >= 4 is 24.6 Å².